The first-order valence-electron chi connectivity index (χ1n) is 7.08. The van der Waals surface area contributed by atoms with Crippen molar-refractivity contribution in [2.75, 3.05) is 38.6 Å². The van der Waals surface area contributed by atoms with E-state index in [1.807, 2.05) is 18.2 Å². The van der Waals surface area contributed by atoms with Crippen LogP contribution in [0.25, 0.3) is 0 Å². The van der Waals surface area contributed by atoms with Gasteiger partial charge in [0.15, 0.2) is 0 Å². The van der Waals surface area contributed by atoms with Gasteiger partial charge < -0.3 is 20.1 Å². The Labute approximate surface area is 116 Å². The first-order valence-corrected chi connectivity index (χ1v) is 7.08. The van der Waals surface area contributed by atoms with Crippen molar-refractivity contribution in [1.82, 2.24) is 4.90 Å². The summed E-state index contributed by atoms with van der Waals surface area (Å²) >= 11 is 0. The van der Waals surface area contributed by atoms with E-state index in [2.05, 4.69) is 25.7 Å². The average Bonchev–Trinajstić information content (AvgIpc) is 2.41. The molecule has 108 valence electrons. The maximum Gasteiger partial charge on any atom is 0.125 e. The molecular formula is C15H26N2O2. The van der Waals surface area contributed by atoms with Crippen LogP contribution in [0.1, 0.15) is 27.2 Å². The Morgan fingerprint density at radius 1 is 0.947 bits per heavy atom. The predicted octanol–water partition coefficient (Wildman–Crippen LogP) is 2.78. The van der Waals surface area contributed by atoms with E-state index >= 15 is 0 Å². The molecule has 0 unspecified atom stereocenters. The van der Waals surface area contributed by atoms with Crippen LogP contribution in [0.15, 0.2) is 18.2 Å². The molecule has 0 fully saturated rings. The van der Waals surface area contributed by atoms with Gasteiger partial charge in [-0.25, -0.2) is 0 Å². The van der Waals surface area contributed by atoms with Crippen LogP contribution in [0.5, 0.6) is 11.5 Å². The molecule has 19 heavy (non-hydrogen) atoms. The lowest BCUT2D eigenvalue weighted by atomic mass is 10.3. The molecule has 0 saturated heterocycles. The Morgan fingerprint density at radius 2 is 1.53 bits per heavy atom. The van der Waals surface area contributed by atoms with Gasteiger partial charge >= 0.3 is 0 Å². The van der Waals surface area contributed by atoms with Crippen molar-refractivity contribution >= 4 is 5.69 Å². The Kier molecular flexibility index (Phi) is 7.11. The van der Waals surface area contributed by atoms with Gasteiger partial charge in [0.05, 0.1) is 6.61 Å². The minimum Gasteiger partial charge on any atom is -0.493 e. The number of nitrogens with two attached hydrogens (primary N) is 1. The molecule has 0 amide bonds. The number of likely N-dealkylation sites (N-methyl/N-ethyl adjacent to an activating group) is 1. The molecule has 4 heteroatoms. The van der Waals surface area contributed by atoms with Crippen molar-refractivity contribution in [3.05, 3.63) is 18.2 Å². The summed E-state index contributed by atoms with van der Waals surface area (Å²) in [4.78, 5) is 2.32. The molecule has 0 bridgehead atoms. The summed E-state index contributed by atoms with van der Waals surface area (Å²) in [5.74, 6) is 1.55. The van der Waals surface area contributed by atoms with Crippen LogP contribution < -0.4 is 15.2 Å². The molecule has 1 aromatic rings. The van der Waals surface area contributed by atoms with E-state index in [-0.39, 0.29) is 0 Å². The van der Waals surface area contributed by atoms with Gasteiger partial charge in [0.1, 0.15) is 18.1 Å². The van der Waals surface area contributed by atoms with Crippen molar-refractivity contribution < 1.29 is 9.47 Å². The van der Waals surface area contributed by atoms with E-state index in [1.54, 1.807) is 0 Å². The predicted molar refractivity (Wildman–Crippen MR) is 79.9 cm³/mol. The quantitative estimate of drug-likeness (QED) is 0.698. The van der Waals surface area contributed by atoms with Crippen LogP contribution in [0, 0.1) is 0 Å². The molecule has 0 aliphatic carbocycles. The smallest absolute Gasteiger partial charge is 0.125 e. The summed E-state index contributed by atoms with van der Waals surface area (Å²) in [7, 11) is 0. The van der Waals surface area contributed by atoms with E-state index in [1.165, 1.54) is 0 Å². The molecule has 1 rings (SSSR count). The number of nitrogens with zero attached hydrogens (tertiary/aromatic N) is 1. The minimum absolute atomic E-state index is 0.665. The number of anilines is 1. The van der Waals surface area contributed by atoms with Crippen LogP contribution >= 0.6 is 0 Å². The van der Waals surface area contributed by atoms with Crippen molar-refractivity contribution in [2.45, 2.75) is 27.2 Å². The van der Waals surface area contributed by atoms with Gasteiger partial charge in [-0.15, -0.1) is 0 Å². The van der Waals surface area contributed by atoms with E-state index < -0.39 is 0 Å². The molecular weight excluding hydrogens is 240 g/mol. The highest BCUT2D eigenvalue weighted by Gasteiger charge is 2.03. The van der Waals surface area contributed by atoms with Gasteiger partial charge in [0.2, 0.25) is 0 Å². The van der Waals surface area contributed by atoms with Crippen molar-refractivity contribution in [3.63, 3.8) is 0 Å². The average molecular weight is 266 g/mol. The number of hydrogen-bond acceptors (Lipinski definition) is 4. The fraction of sp³-hybridized carbons (Fsp3) is 0.600. The lowest BCUT2D eigenvalue weighted by molar-refractivity contribution is 0.222. The summed E-state index contributed by atoms with van der Waals surface area (Å²) in [6.45, 7) is 10.8. The van der Waals surface area contributed by atoms with Crippen LogP contribution in [0.2, 0.25) is 0 Å². The van der Waals surface area contributed by atoms with Crippen molar-refractivity contribution in [3.8, 4) is 11.5 Å². The third kappa shape index (κ3) is 5.83. The lowest BCUT2D eigenvalue weighted by Gasteiger charge is -2.18. The Morgan fingerprint density at radius 3 is 2.05 bits per heavy atom. The molecule has 0 atom stereocenters. The summed E-state index contributed by atoms with van der Waals surface area (Å²) in [5, 5.41) is 0. The molecule has 0 radical (unpaired) electrons. The van der Waals surface area contributed by atoms with Crippen LogP contribution in [0.4, 0.5) is 5.69 Å². The maximum absolute atomic E-state index is 5.84. The third-order valence-corrected chi connectivity index (χ3v) is 2.95. The van der Waals surface area contributed by atoms with Gasteiger partial charge in [0, 0.05) is 30.4 Å². The zero-order chi connectivity index (χ0) is 14.1. The topological polar surface area (TPSA) is 47.7 Å². The first-order chi connectivity index (χ1) is 9.19. The van der Waals surface area contributed by atoms with Gasteiger partial charge in [-0.2, -0.15) is 0 Å². The SMILES string of the molecule is CCCOc1cc(N)cc(OCCN(CC)CC)c1. The van der Waals surface area contributed by atoms with Crippen molar-refractivity contribution in [1.29, 1.82) is 0 Å². The fourth-order valence-electron chi connectivity index (χ4n) is 1.81. The molecule has 2 N–H and O–H groups in total. The van der Waals surface area contributed by atoms with Crippen LogP contribution in [-0.2, 0) is 0 Å². The number of nitrogen functional groups attached to an aromatic ring is 1. The van der Waals surface area contributed by atoms with Crippen molar-refractivity contribution in [2.24, 2.45) is 0 Å². The maximum atomic E-state index is 5.84. The van der Waals surface area contributed by atoms with E-state index in [0.717, 1.165) is 37.6 Å². The number of ether oxygens (including phenoxy) is 2. The van der Waals surface area contributed by atoms with Gasteiger partial charge in [-0.1, -0.05) is 20.8 Å². The molecule has 0 spiro atoms. The van der Waals surface area contributed by atoms with Crippen LogP contribution in [-0.4, -0.2) is 37.7 Å². The minimum atomic E-state index is 0.665. The monoisotopic (exact) mass is 266 g/mol. The molecule has 0 aromatic heterocycles. The second-order valence-electron chi connectivity index (χ2n) is 4.46. The fourth-order valence-corrected chi connectivity index (χ4v) is 1.81. The first kappa shape index (κ1) is 15.6. The summed E-state index contributed by atoms with van der Waals surface area (Å²) in [5.41, 5.74) is 6.52. The molecule has 0 heterocycles. The zero-order valence-corrected chi connectivity index (χ0v) is 12.3. The Hall–Kier alpha value is -1.42. The third-order valence-electron chi connectivity index (χ3n) is 2.95. The molecule has 0 aliphatic rings. The summed E-state index contributed by atoms with van der Waals surface area (Å²) in [6, 6.07) is 5.56. The molecule has 0 aliphatic heterocycles. The second kappa shape index (κ2) is 8.64. The Bertz CT molecular complexity index is 365. The van der Waals surface area contributed by atoms with Gasteiger partial charge in [0.25, 0.3) is 0 Å². The number of rotatable bonds is 9. The number of hydrogen-bond donors (Lipinski definition) is 1. The zero-order valence-electron chi connectivity index (χ0n) is 12.3. The largest absolute Gasteiger partial charge is 0.493 e. The molecule has 0 saturated carbocycles. The normalized spacial score (nSPS) is 10.7. The highest BCUT2D eigenvalue weighted by atomic mass is 16.5. The molecule has 4 nitrogen and oxygen atoms in total. The standard InChI is InChI=1S/C15H26N2O2/c1-4-8-18-14-10-13(16)11-15(12-14)19-9-7-17(5-2)6-3/h10-12H,4-9,16H2,1-3H3. The van der Waals surface area contributed by atoms with E-state index in [4.69, 9.17) is 15.2 Å². The Balaban J connectivity index is 2.50. The summed E-state index contributed by atoms with van der Waals surface area (Å²) in [6.07, 6.45) is 0.979. The number of benzene rings is 1. The van der Waals surface area contributed by atoms with Crippen LogP contribution in [0.3, 0.4) is 0 Å². The van der Waals surface area contributed by atoms with Gasteiger partial charge in [-0.05, 0) is 19.5 Å². The molecule has 1 aromatic carbocycles. The van der Waals surface area contributed by atoms with E-state index in [0.29, 0.717) is 18.9 Å². The lowest BCUT2D eigenvalue weighted by Crippen LogP contribution is -2.27. The highest BCUT2D eigenvalue weighted by molar-refractivity contribution is 5.50. The van der Waals surface area contributed by atoms with Gasteiger partial charge in [-0.3, -0.25) is 0 Å². The van der Waals surface area contributed by atoms with E-state index in [9.17, 15) is 0 Å². The second-order valence-corrected chi connectivity index (χ2v) is 4.46. The summed E-state index contributed by atoms with van der Waals surface area (Å²) < 4.78 is 11.3. The highest BCUT2D eigenvalue weighted by Crippen LogP contribution is 2.24.